The van der Waals surface area contributed by atoms with Crippen molar-refractivity contribution in [2.75, 3.05) is 42.6 Å². The Labute approximate surface area is 167 Å². The minimum absolute atomic E-state index is 0.174. The Morgan fingerprint density at radius 1 is 1.00 bits per heavy atom. The molecule has 1 aromatic heterocycles. The van der Waals surface area contributed by atoms with E-state index in [-0.39, 0.29) is 11.5 Å². The van der Waals surface area contributed by atoms with Crippen LogP contribution in [0.4, 0.5) is 5.95 Å². The van der Waals surface area contributed by atoms with Gasteiger partial charge in [-0.05, 0) is 24.4 Å². The lowest BCUT2D eigenvalue weighted by Crippen LogP contribution is -2.41. The first-order valence-corrected chi connectivity index (χ1v) is 11.9. The van der Waals surface area contributed by atoms with Crippen LogP contribution in [0.3, 0.4) is 0 Å². The van der Waals surface area contributed by atoms with Crippen LogP contribution in [0, 0.1) is 0 Å². The van der Waals surface area contributed by atoms with Crippen molar-refractivity contribution in [1.82, 2.24) is 15.3 Å². The van der Waals surface area contributed by atoms with Crippen LogP contribution >= 0.6 is 0 Å². The van der Waals surface area contributed by atoms with Gasteiger partial charge in [0.25, 0.3) is 0 Å². The van der Waals surface area contributed by atoms with Crippen molar-refractivity contribution in [3.8, 4) is 11.3 Å². The number of nitrogens with zero attached hydrogens (tertiary/aromatic N) is 3. The SMILES string of the molecule is CC(C)c1ccc(-c2nc(N3CCS(=O)(=O)CC3)nc3c2CCNCC3)cc1. The molecular weight excluding hydrogens is 372 g/mol. The average Bonchev–Trinajstić information content (AvgIpc) is 2.93. The van der Waals surface area contributed by atoms with E-state index in [0.717, 1.165) is 42.9 Å². The minimum Gasteiger partial charge on any atom is -0.339 e. The van der Waals surface area contributed by atoms with E-state index in [0.29, 0.717) is 25.0 Å². The van der Waals surface area contributed by atoms with Crippen LogP contribution < -0.4 is 10.2 Å². The van der Waals surface area contributed by atoms with E-state index in [1.165, 1.54) is 11.1 Å². The van der Waals surface area contributed by atoms with Gasteiger partial charge in [0, 0.05) is 37.2 Å². The molecule has 2 aliphatic rings. The highest BCUT2D eigenvalue weighted by atomic mass is 32.2. The molecular formula is C21H28N4O2S. The van der Waals surface area contributed by atoms with Gasteiger partial charge in [0.1, 0.15) is 0 Å². The van der Waals surface area contributed by atoms with Crippen molar-refractivity contribution in [3.05, 3.63) is 41.1 Å². The Morgan fingerprint density at radius 2 is 1.68 bits per heavy atom. The molecule has 0 atom stereocenters. The van der Waals surface area contributed by atoms with E-state index in [1.807, 2.05) is 4.90 Å². The summed E-state index contributed by atoms with van der Waals surface area (Å²) in [5.74, 6) is 1.51. The Hall–Kier alpha value is -1.99. The predicted molar refractivity (Wildman–Crippen MR) is 113 cm³/mol. The van der Waals surface area contributed by atoms with Crippen LogP contribution in [0.25, 0.3) is 11.3 Å². The molecule has 1 saturated heterocycles. The molecule has 4 rings (SSSR count). The fourth-order valence-corrected chi connectivity index (χ4v) is 5.05. The van der Waals surface area contributed by atoms with Crippen molar-refractivity contribution in [2.45, 2.75) is 32.6 Å². The second kappa shape index (κ2) is 7.79. The number of fused-ring (bicyclic) bond motifs is 1. The third-order valence-electron chi connectivity index (χ3n) is 5.65. The van der Waals surface area contributed by atoms with E-state index >= 15 is 0 Å². The number of hydrogen-bond donors (Lipinski definition) is 1. The third-order valence-corrected chi connectivity index (χ3v) is 7.26. The molecule has 28 heavy (non-hydrogen) atoms. The minimum atomic E-state index is -2.93. The summed E-state index contributed by atoms with van der Waals surface area (Å²) in [5, 5.41) is 3.45. The number of sulfone groups is 1. The fraction of sp³-hybridized carbons (Fsp3) is 0.524. The first kappa shape index (κ1) is 19.3. The lowest BCUT2D eigenvalue weighted by atomic mass is 9.97. The number of hydrogen-bond acceptors (Lipinski definition) is 6. The second-order valence-electron chi connectivity index (χ2n) is 7.96. The van der Waals surface area contributed by atoms with E-state index in [1.54, 1.807) is 0 Å². The summed E-state index contributed by atoms with van der Waals surface area (Å²) in [4.78, 5) is 11.8. The molecule has 1 fully saturated rings. The Morgan fingerprint density at radius 3 is 2.36 bits per heavy atom. The maximum atomic E-state index is 11.8. The van der Waals surface area contributed by atoms with Gasteiger partial charge in [-0.1, -0.05) is 38.1 Å². The molecule has 1 aromatic carbocycles. The summed E-state index contributed by atoms with van der Waals surface area (Å²) in [6, 6.07) is 8.66. The normalized spacial score (nSPS) is 19.3. The zero-order valence-corrected chi connectivity index (χ0v) is 17.4. The van der Waals surface area contributed by atoms with Crippen LogP contribution in [-0.2, 0) is 22.7 Å². The van der Waals surface area contributed by atoms with Gasteiger partial charge < -0.3 is 10.2 Å². The fourth-order valence-electron chi connectivity index (χ4n) is 3.85. The van der Waals surface area contributed by atoms with Gasteiger partial charge in [0.15, 0.2) is 9.84 Å². The quantitative estimate of drug-likeness (QED) is 0.851. The number of benzene rings is 1. The molecule has 2 aromatic rings. The van der Waals surface area contributed by atoms with E-state index in [2.05, 4.69) is 43.4 Å². The summed E-state index contributed by atoms with van der Waals surface area (Å²) in [6.07, 6.45) is 1.78. The summed E-state index contributed by atoms with van der Waals surface area (Å²) < 4.78 is 23.6. The molecule has 6 nitrogen and oxygen atoms in total. The first-order valence-electron chi connectivity index (χ1n) is 10.1. The number of aromatic nitrogens is 2. The van der Waals surface area contributed by atoms with Crippen LogP contribution in [-0.4, -0.2) is 56.1 Å². The van der Waals surface area contributed by atoms with Gasteiger partial charge in [-0.25, -0.2) is 18.4 Å². The van der Waals surface area contributed by atoms with E-state index in [4.69, 9.17) is 9.97 Å². The van der Waals surface area contributed by atoms with Gasteiger partial charge in [-0.2, -0.15) is 0 Å². The second-order valence-corrected chi connectivity index (χ2v) is 10.3. The molecule has 3 heterocycles. The van der Waals surface area contributed by atoms with Crippen LogP contribution in [0.15, 0.2) is 24.3 Å². The number of anilines is 1. The van der Waals surface area contributed by atoms with Crippen molar-refractivity contribution in [1.29, 1.82) is 0 Å². The Bertz CT molecular complexity index is 941. The first-order chi connectivity index (χ1) is 13.4. The zero-order valence-electron chi connectivity index (χ0n) is 16.6. The van der Waals surface area contributed by atoms with Gasteiger partial charge in [-0.3, -0.25) is 0 Å². The molecule has 0 bridgehead atoms. The molecule has 0 amide bonds. The molecule has 7 heteroatoms. The summed E-state index contributed by atoms with van der Waals surface area (Å²) >= 11 is 0. The lowest BCUT2D eigenvalue weighted by Gasteiger charge is -2.28. The van der Waals surface area contributed by atoms with Crippen molar-refractivity contribution in [2.24, 2.45) is 0 Å². The van der Waals surface area contributed by atoms with Gasteiger partial charge in [0.2, 0.25) is 5.95 Å². The molecule has 150 valence electrons. The molecule has 0 radical (unpaired) electrons. The average molecular weight is 401 g/mol. The van der Waals surface area contributed by atoms with Gasteiger partial charge in [0.05, 0.1) is 22.9 Å². The molecule has 2 aliphatic heterocycles. The van der Waals surface area contributed by atoms with Gasteiger partial charge >= 0.3 is 0 Å². The number of nitrogens with one attached hydrogen (secondary N) is 1. The molecule has 0 spiro atoms. The summed E-state index contributed by atoms with van der Waals surface area (Å²) in [6.45, 7) is 7.15. The summed E-state index contributed by atoms with van der Waals surface area (Å²) in [5.41, 5.74) is 5.72. The molecule has 1 N–H and O–H groups in total. The highest BCUT2D eigenvalue weighted by Gasteiger charge is 2.26. The van der Waals surface area contributed by atoms with Crippen molar-refractivity contribution >= 4 is 15.8 Å². The van der Waals surface area contributed by atoms with Gasteiger partial charge in [-0.15, -0.1) is 0 Å². The van der Waals surface area contributed by atoms with E-state index < -0.39 is 9.84 Å². The molecule has 0 aliphatic carbocycles. The topological polar surface area (TPSA) is 75.2 Å². The number of rotatable bonds is 3. The van der Waals surface area contributed by atoms with Crippen LogP contribution in [0.2, 0.25) is 0 Å². The lowest BCUT2D eigenvalue weighted by molar-refractivity contribution is 0.585. The maximum absolute atomic E-state index is 11.8. The van der Waals surface area contributed by atoms with Crippen LogP contribution in [0.1, 0.15) is 36.6 Å². The Kier molecular flexibility index (Phi) is 5.38. The maximum Gasteiger partial charge on any atom is 0.226 e. The monoisotopic (exact) mass is 400 g/mol. The van der Waals surface area contributed by atoms with Crippen molar-refractivity contribution in [3.63, 3.8) is 0 Å². The highest BCUT2D eigenvalue weighted by Crippen LogP contribution is 2.29. The largest absolute Gasteiger partial charge is 0.339 e. The smallest absolute Gasteiger partial charge is 0.226 e. The third kappa shape index (κ3) is 4.05. The molecule has 0 saturated carbocycles. The van der Waals surface area contributed by atoms with Crippen LogP contribution in [0.5, 0.6) is 0 Å². The Balaban J connectivity index is 1.75. The molecule has 0 unspecified atom stereocenters. The predicted octanol–water partition coefficient (Wildman–Crippen LogP) is 2.19. The highest BCUT2D eigenvalue weighted by molar-refractivity contribution is 7.91. The van der Waals surface area contributed by atoms with Crippen molar-refractivity contribution < 1.29 is 8.42 Å². The van der Waals surface area contributed by atoms with E-state index in [9.17, 15) is 8.42 Å². The standard InChI is InChI=1S/C21H28N4O2S/c1-15(2)16-3-5-17(6-4-16)20-18-7-9-22-10-8-19(18)23-21(24-20)25-11-13-28(26,27)14-12-25/h3-6,15,22H,7-14H2,1-2H3. The zero-order chi connectivity index (χ0) is 19.7. The summed E-state index contributed by atoms with van der Waals surface area (Å²) in [7, 11) is -2.93.